The lowest BCUT2D eigenvalue weighted by Gasteiger charge is -2.18. The number of hydrogen-bond acceptors (Lipinski definition) is 7. The Hall–Kier alpha value is -2.47. The van der Waals surface area contributed by atoms with E-state index in [1.807, 2.05) is 25.1 Å². The molecule has 1 heterocycles. The Balaban J connectivity index is 2.02. The van der Waals surface area contributed by atoms with Gasteiger partial charge in [0.15, 0.2) is 17.6 Å². The van der Waals surface area contributed by atoms with Crippen LogP contribution in [0.15, 0.2) is 44.7 Å². The Morgan fingerprint density at radius 3 is 2.69 bits per heavy atom. The quantitative estimate of drug-likeness (QED) is 0.147. The summed E-state index contributed by atoms with van der Waals surface area (Å²) in [5.74, 6) is 1.08. The molecular formula is C26H29BrIN3O5. The molecule has 3 aromatic rings. The van der Waals surface area contributed by atoms with Crippen LogP contribution in [0, 0.1) is 3.57 Å². The molecule has 10 heteroatoms. The van der Waals surface area contributed by atoms with Gasteiger partial charge in [0.25, 0.3) is 5.56 Å². The lowest BCUT2D eigenvalue weighted by Crippen LogP contribution is -2.26. The van der Waals surface area contributed by atoms with Gasteiger partial charge in [-0.25, -0.2) is 9.78 Å². The number of aromatic nitrogens is 2. The number of halogens is 2. The molecule has 0 aliphatic heterocycles. The van der Waals surface area contributed by atoms with Crippen molar-refractivity contribution in [2.75, 3.05) is 13.2 Å². The number of nitrogens with zero attached hydrogens (tertiary/aromatic N) is 3. The molecule has 0 radical (unpaired) electrons. The van der Waals surface area contributed by atoms with Crippen molar-refractivity contribution < 1.29 is 19.0 Å². The molecule has 1 aromatic heterocycles. The maximum Gasteiger partial charge on any atom is 0.347 e. The highest BCUT2D eigenvalue weighted by molar-refractivity contribution is 14.1. The van der Waals surface area contributed by atoms with Crippen molar-refractivity contribution in [1.29, 1.82) is 0 Å². The maximum absolute atomic E-state index is 13.3. The normalized spacial score (nSPS) is 12.2. The molecule has 0 bridgehead atoms. The Labute approximate surface area is 232 Å². The third-order valence-electron chi connectivity index (χ3n) is 5.20. The van der Waals surface area contributed by atoms with Crippen molar-refractivity contribution in [1.82, 2.24) is 9.66 Å². The summed E-state index contributed by atoms with van der Waals surface area (Å²) < 4.78 is 19.6. The van der Waals surface area contributed by atoms with Crippen LogP contribution in [0.1, 0.15) is 51.9 Å². The smallest absolute Gasteiger partial charge is 0.347 e. The first-order chi connectivity index (χ1) is 17.3. The van der Waals surface area contributed by atoms with Gasteiger partial charge in [-0.3, -0.25) is 4.79 Å². The first kappa shape index (κ1) is 28.1. The van der Waals surface area contributed by atoms with E-state index in [1.165, 1.54) is 4.68 Å². The number of benzene rings is 2. The van der Waals surface area contributed by atoms with E-state index in [9.17, 15) is 9.59 Å². The van der Waals surface area contributed by atoms with Crippen molar-refractivity contribution in [3.05, 3.63) is 60.1 Å². The zero-order valence-electron chi connectivity index (χ0n) is 20.7. The van der Waals surface area contributed by atoms with E-state index in [0.29, 0.717) is 46.8 Å². The van der Waals surface area contributed by atoms with E-state index < -0.39 is 12.1 Å². The summed E-state index contributed by atoms with van der Waals surface area (Å²) in [5.41, 5.74) is 1.12. The number of aryl methyl sites for hydroxylation is 1. The summed E-state index contributed by atoms with van der Waals surface area (Å²) in [7, 11) is 0. The van der Waals surface area contributed by atoms with Gasteiger partial charge in [-0.1, -0.05) is 29.3 Å². The first-order valence-corrected chi connectivity index (χ1v) is 13.7. The average molecular weight is 670 g/mol. The Bertz CT molecular complexity index is 1330. The van der Waals surface area contributed by atoms with Gasteiger partial charge >= 0.3 is 5.97 Å². The van der Waals surface area contributed by atoms with Crippen LogP contribution in [0.25, 0.3) is 10.9 Å². The summed E-state index contributed by atoms with van der Waals surface area (Å²) in [5, 5.41) is 5.01. The van der Waals surface area contributed by atoms with Crippen molar-refractivity contribution in [3.8, 4) is 11.5 Å². The minimum Gasteiger partial charge on any atom is -0.490 e. The minimum atomic E-state index is -0.792. The van der Waals surface area contributed by atoms with Crippen LogP contribution in [0.5, 0.6) is 11.5 Å². The van der Waals surface area contributed by atoms with Crippen LogP contribution in [0.2, 0.25) is 0 Å². The van der Waals surface area contributed by atoms with Crippen LogP contribution >= 0.6 is 38.5 Å². The predicted molar refractivity (Wildman–Crippen MR) is 152 cm³/mol. The van der Waals surface area contributed by atoms with Gasteiger partial charge in [0.1, 0.15) is 5.82 Å². The molecule has 0 amide bonds. The fourth-order valence-corrected chi connectivity index (χ4v) is 4.57. The number of carbonyl (C=O) groups excluding carboxylic acids is 1. The molecule has 192 valence electrons. The van der Waals surface area contributed by atoms with Crippen LogP contribution in [0.3, 0.4) is 0 Å². The van der Waals surface area contributed by atoms with E-state index in [-0.39, 0.29) is 12.2 Å². The zero-order chi connectivity index (χ0) is 26.2. The van der Waals surface area contributed by atoms with Gasteiger partial charge in [0.2, 0.25) is 0 Å². The molecule has 36 heavy (non-hydrogen) atoms. The van der Waals surface area contributed by atoms with E-state index in [2.05, 4.69) is 50.5 Å². The number of ether oxygens (including phenoxy) is 3. The first-order valence-electron chi connectivity index (χ1n) is 11.8. The van der Waals surface area contributed by atoms with Gasteiger partial charge in [-0.05, 0) is 85.7 Å². The standard InChI is InChI=1S/C26H29BrIN3O5/c1-5-8-9-23-30-21-11-10-18(27)14-19(21)25(32)31(23)29-15-17-12-20(28)24(22(13-17)34-6-2)36-16(4)26(33)35-7-3/h10-16H,5-9H2,1-4H3/t16-/m0/s1. The van der Waals surface area contributed by atoms with Gasteiger partial charge < -0.3 is 14.2 Å². The number of rotatable bonds is 11. The summed E-state index contributed by atoms with van der Waals surface area (Å²) in [4.78, 5) is 30.1. The van der Waals surface area contributed by atoms with Gasteiger partial charge in [-0.2, -0.15) is 9.78 Å². The lowest BCUT2D eigenvalue weighted by atomic mass is 10.2. The molecule has 0 N–H and O–H groups in total. The van der Waals surface area contributed by atoms with Crippen molar-refractivity contribution >= 4 is 61.6 Å². The molecule has 0 saturated carbocycles. The third-order valence-corrected chi connectivity index (χ3v) is 6.49. The Morgan fingerprint density at radius 1 is 1.22 bits per heavy atom. The fourth-order valence-electron chi connectivity index (χ4n) is 3.46. The highest BCUT2D eigenvalue weighted by Crippen LogP contribution is 2.35. The van der Waals surface area contributed by atoms with Gasteiger partial charge in [0.05, 0.1) is 33.9 Å². The molecule has 0 aliphatic carbocycles. The maximum atomic E-state index is 13.3. The number of esters is 1. The van der Waals surface area contributed by atoms with E-state index >= 15 is 0 Å². The molecule has 2 aromatic carbocycles. The lowest BCUT2D eigenvalue weighted by molar-refractivity contribution is -0.150. The molecule has 1 atom stereocenters. The molecule has 3 rings (SSSR count). The Morgan fingerprint density at radius 2 is 2.00 bits per heavy atom. The second-order valence-electron chi connectivity index (χ2n) is 7.93. The minimum absolute atomic E-state index is 0.230. The summed E-state index contributed by atoms with van der Waals surface area (Å²) in [6, 6.07) is 9.08. The van der Waals surface area contributed by atoms with Crippen LogP contribution in [0.4, 0.5) is 0 Å². The topological polar surface area (TPSA) is 92.0 Å². The summed E-state index contributed by atoms with van der Waals surface area (Å²) in [6.07, 6.45) is 3.31. The van der Waals surface area contributed by atoms with E-state index in [0.717, 1.165) is 20.9 Å². The van der Waals surface area contributed by atoms with Crippen molar-refractivity contribution in [2.24, 2.45) is 5.10 Å². The van der Waals surface area contributed by atoms with Crippen LogP contribution in [-0.2, 0) is 16.0 Å². The second kappa shape index (κ2) is 13.2. The SMILES string of the molecule is CCCCc1nc2ccc(Br)cc2c(=O)n1N=Cc1cc(I)c(O[C@@H](C)C(=O)OCC)c(OCC)c1. The van der Waals surface area contributed by atoms with Crippen LogP contribution < -0.4 is 15.0 Å². The molecule has 0 aliphatic rings. The molecular weight excluding hydrogens is 641 g/mol. The molecule has 0 saturated heterocycles. The fraction of sp³-hybridized carbons (Fsp3) is 0.385. The molecule has 0 unspecified atom stereocenters. The predicted octanol–water partition coefficient (Wildman–Crippen LogP) is 5.72. The van der Waals surface area contributed by atoms with Gasteiger partial charge in [0, 0.05) is 10.9 Å². The molecule has 0 fully saturated rings. The molecule has 0 spiro atoms. The summed E-state index contributed by atoms with van der Waals surface area (Å²) in [6.45, 7) is 8.02. The zero-order valence-corrected chi connectivity index (χ0v) is 24.5. The van der Waals surface area contributed by atoms with Crippen molar-refractivity contribution in [2.45, 2.75) is 53.1 Å². The number of hydrogen-bond donors (Lipinski definition) is 0. The highest BCUT2D eigenvalue weighted by atomic mass is 127. The molecule has 8 nitrogen and oxygen atoms in total. The largest absolute Gasteiger partial charge is 0.490 e. The van der Waals surface area contributed by atoms with E-state index in [1.54, 1.807) is 32.2 Å². The highest BCUT2D eigenvalue weighted by Gasteiger charge is 2.21. The van der Waals surface area contributed by atoms with Gasteiger partial charge in [-0.15, -0.1) is 0 Å². The summed E-state index contributed by atoms with van der Waals surface area (Å²) >= 11 is 5.55. The average Bonchev–Trinajstić information content (AvgIpc) is 2.85. The number of carbonyl (C=O) groups is 1. The monoisotopic (exact) mass is 669 g/mol. The van der Waals surface area contributed by atoms with Crippen LogP contribution in [-0.4, -0.2) is 41.2 Å². The Kier molecular flexibility index (Phi) is 10.3. The number of unbranched alkanes of at least 4 members (excludes halogenated alkanes) is 1. The van der Waals surface area contributed by atoms with Crippen molar-refractivity contribution in [3.63, 3.8) is 0 Å². The third kappa shape index (κ3) is 6.84. The van der Waals surface area contributed by atoms with E-state index in [4.69, 9.17) is 19.2 Å². The second-order valence-corrected chi connectivity index (χ2v) is 10.0. The number of fused-ring (bicyclic) bond motifs is 1.